The molecule has 2 aliphatic rings. The number of rotatable bonds is 1. The van der Waals surface area contributed by atoms with Gasteiger partial charge in [0.05, 0.1) is 0 Å². The van der Waals surface area contributed by atoms with Gasteiger partial charge in [-0.15, -0.1) is 0 Å². The minimum Gasteiger partial charge on any atom is -0.381 e. The summed E-state index contributed by atoms with van der Waals surface area (Å²) < 4.78 is 5.56. The van der Waals surface area contributed by atoms with E-state index in [-0.39, 0.29) is 0 Å². The average Bonchev–Trinajstić information content (AvgIpc) is 2.41. The third kappa shape index (κ3) is 2.12. The molecule has 2 nitrogen and oxygen atoms in total. The fourth-order valence-corrected chi connectivity index (χ4v) is 2.88. The van der Waals surface area contributed by atoms with Crippen molar-refractivity contribution < 1.29 is 4.74 Å². The van der Waals surface area contributed by atoms with E-state index in [0.717, 1.165) is 19.3 Å². The minimum absolute atomic E-state index is 0.612. The molecule has 0 aromatic rings. The van der Waals surface area contributed by atoms with Crippen molar-refractivity contribution in [2.75, 3.05) is 26.3 Å². The molecule has 2 heterocycles. The molecule has 2 fully saturated rings. The van der Waals surface area contributed by atoms with Crippen LogP contribution >= 0.6 is 0 Å². The van der Waals surface area contributed by atoms with Crippen LogP contribution in [0.3, 0.4) is 0 Å². The van der Waals surface area contributed by atoms with Gasteiger partial charge in [0.2, 0.25) is 0 Å². The molecule has 1 atom stereocenters. The van der Waals surface area contributed by atoms with Crippen LogP contribution in [0.4, 0.5) is 0 Å². The maximum atomic E-state index is 5.56. The van der Waals surface area contributed by atoms with Crippen LogP contribution in [0.2, 0.25) is 0 Å². The number of ether oxygens (including phenoxy) is 1. The van der Waals surface area contributed by atoms with E-state index < -0.39 is 0 Å². The van der Waals surface area contributed by atoms with Gasteiger partial charge in [-0.2, -0.15) is 0 Å². The molecule has 0 aliphatic carbocycles. The third-order valence-electron chi connectivity index (χ3n) is 3.97. The highest BCUT2D eigenvalue weighted by molar-refractivity contribution is 4.91. The Morgan fingerprint density at radius 3 is 2.71 bits per heavy atom. The van der Waals surface area contributed by atoms with Crippen molar-refractivity contribution >= 4 is 0 Å². The molecule has 2 aliphatic heterocycles. The number of likely N-dealkylation sites (tertiary alicyclic amines) is 1. The molecule has 0 N–H and O–H groups in total. The van der Waals surface area contributed by atoms with E-state index in [9.17, 15) is 0 Å². The predicted octanol–water partition coefficient (Wildman–Crippen LogP) is 2.29. The Bertz CT molecular complexity index is 183. The second-order valence-electron chi connectivity index (χ2n) is 5.28. The summed E-state index contributed by atoms with van der Waals surface area (Å²) in [5.41, 5.74) is 0.612. The van der Waals surface area contributed by atoms with E-state index in [0.29, 0.717) is 5.41 Å². The number of hydrogen-bond acceptors (Lipinski definition) is 2. The lowest BCUT2D eigenvalue weighted by atomic mass is 9.80. The maximum absolute atomic E-state index is 5.56. The van der Waals surface area contributed by atoms with Gasteiger partial charge in [-0.3, -0.25) is 0 Å². The van der Waals surface area contributed by atoms with E-state index >= 15 is 0 Å². The van der Waals surface area contributed by atoms with Crippen LogP contribution in [0.25, 0.3) is 0 Å². The van der Waals surface area contributed by atoms with E-state index in [1.807, 2.05) is 0 Å². The minimum atomic E-state index is 0.612. The highest BCUT2D eigenvalue weighted by atomic mass is 16.5. The smallest absolute Gasteiger partial charge is 0.0471 e. The Labute approximate surface area is 87.6 Å². The fourth-order valence-electron chi connectivity index (χ4n) is 2.88. The maximum Gasteiger partial charge on any atom is 0.0471 e. The van der Waals surface area contributed by atoms with Crippen molar-refractivity contribution in [2.24, 2.45) is 5.41 Å². The summed E-state index contributed by atoms with van der Waals surface area (Å²) in [7, 11) is 0. The second-order valence-corrected chi connectivity index (χ2v) is 5.28. The summed E-state index contributed by atoms with van der Waals surface area (Å²) in [6, 6.07) is 0.721. The molecule has 2 rings (SSSR count). The van der Waals surface area contributed by atoms with Crippen molar-refractivity contribution in [3.63, 3.8) is 0 Å². The lowest BCUT2D eigenvalue weighted by Gasteiger charge is -2.28. The first-order chi connectivity index (χ1) is 6.72. The molecular formula is C12H23NO. The topological polar surface area (TPSA) is 12.5 Å². The van der Waals surface area contributed by atoms with Gasteiger partial charge in [0.1, 0.15) is 0 Å². The molecule has 82 valence electrons. The standard InChI is InChI=1S/C12H23NO/c1-11(2)13-7-5-12(10-13)4-3-8-14-9-6-12/h11H,3-10H2,1-2H3. The molecular weight excluding hydrogens is 174 g/mol. The zero-order valence-electron chi connectivity index (χ0n) is 9.59. The van der Waals surface area contributed by atoms with Gasteiger partial charge in [-0.1, -0.05) is 0 Å². The third-order valence-corrected chi connectivity index (χ3v) is 3.97. The molecule has 2 saturated heterocycles. The molecule has 2 heteroatoms. The van der Waals surface area contributed by atoms with Crippen LogP contribution in [0.15, 0.2) is 0 Å². The Kier molecular flexibility index (Phi) is 3.13. The lowest BCUT2D eigenvalue weighted by molar-refractivity contribution is 0.129. The quantitative estimate of drug-likeness (QED) is 0.639. The zero-order valence-corrected chi connectivity index (χ0v) is 9.59. The normalized spacial score (nSPS) is 35.4. The fraction of sp³-hybridized carbons (Fsp3) is 1.00. The molecule has 0 bridgehead atoms. The monoisotopic (exact) mass is 197 g/mol. The molecule has 1 spiro atoms. The van der Waals surface area contributed by atoms with Crippen molar-refractivity contribution in [3.8, 4) is 0 Å². The Morgan fingerprint density at radius 1 is 1.14 bits per heavy atom. The van der Waals surface area contributed by atoms with Crippen LogP contribution in [0, 0.1) is 5.41 Å². The van der Waals surface area contributed by atoms with E-state index in [4.69, 9.17) is 4.74 Å². The van der Waals surface area contributed by atoms with Gasteiger partial charge in [-0.05, 0) is 51.5 Å². The highest BCUT2D eigenvalue weighted by Gasteiger charge is 2.38. The zero-order chi connectivity index (χ0) is 10.0. The summed E-state index contributed by atoms with van der Waals surface area (Å²) >= 11 is 0. The van der Waals surface area contributed by atoms with Gasteiger partial charge in [0.25, 0.3) is 0 Å². The van der Waals surface area contributed by atoms with E-state index in [1.165, 1.54) is 38.8 Å². The molecule has 0 aromatic heterocycles. The number of nitrogens with zero attached hydrogens (tertiary/aromatic N) is 1. The molecule has 0 radical (unpaired) electrons. The second kappa shape index (κ2) is 4.19. The molecule has 1 unspecified atom stereocenters. The average molecular weight is 197 g/mol. The summed E-state index contributed by atoms with van der Waals surface area (Å²) in [5, 5.41) is 0. The van der Waals surface area contributed by atoms with Crippen LogP contribution in [0.5, 0.6) is 0 Å². The summed E-state index contributed by atoms with van der Waals surface area (Å²) in [5.74, 6) is 0. The van der Waals surface area contributed by atoms with Crippen LogP contribution in [-0.2, 0) is 4.74 Å². The van der Waals surface area contributed by atoms with Crippen molar-refractivity contribution in [2.45, 2.75) is 45.6 Å². The predicted molar refractivity (Wildman–Crippen MR) is 58.4 cm³/mol. The Hall–Kier alpha value is -0.0800. The molecule has 0 aromatic carbocycles. The van der Waals surface area contributed by atoms with E-state index in [1.54, 1.807) is 0 Å². The first-order valence-electron chi connectivity index (χ1n) is 6.04. The molecule has 14 heavy (non-hydrogen) atoms. The summed E-state index contributed by atoms with van der Waals surface area (Å²) in [4.78, 5) is 2.63. The first kappa shape index (κ1) is 10.4. The van der Waals surface area contributed by atoms with E-state index in [2.05, 4.69) is 18.7 Å². The first-order valence-corrected chi connectivity index (χ1v) is 6.04. The highest BCUT2D eigenvalue weighted by Crippen LogP contribution is 2.40. The number of hydrogen-bond donors (Lipinski definition) is 0. The van der Waals surface area contributed by atoms with Crippen molar-refractivity contribution in [1.29, 1.82) is 0 Å². The van der Waals surface area contributed by atoms with Crippen LogP contribution < -0.4 is 0 Å². The Morgan fingerprint density at radius 2 is 2.00 bits per heavy atom. The van der Waals surface area contributed by atoms with Crippen LogP contribution in [0.1, 0.15) is 39.5 Å². The largest absolute Gasteiger partial charge is 0.381 e. The molecule has 0 saturated carbocycles. The van der Waals surface area contributed by atoms with Gasteiger partial charge in [0.15, 0.2) is 0 Å². The van der Waals surface area contributed by atoms with Gasteiger partial charge >= 0.3 is 0 Å². The SMILES string of the molecule is CC(C)N1CCC2(CCCOCC2)C1. The van der Waals surface area contributed by atoms with Gasteiger partial charge in [-0.25, -0.2) is 0 Å². The Balaban J connectivity index is 1.96. The van der Waals surface area contributed by atoms with Gasteiger partial charge < -0.3 is 9.64 Å². The lowest BCUT2D eigenvalue weighted by Crippen LogP contribution is -2.32. The van der Waals surface area contributed by atoms with Crippen molar-refractivity contribution in [1.82, 2.24) is 4.90 Å². The molecule has 0 amide bonds. The summed E-state index contributed by atoms with van der Waals surface area (Å²) in [6.07, 6.45) is 5.34. The van der Waals surface area contributed by atoms with Crippen LogP contribution in [-0.4, -0.2) is 37.2 Å². The van der Waals surface area contributed by atoms with Crippen molar-refractivity contribution in [3.05, 3.63) is 0 Å². The summed E-state index contributed by atoms with van der Waals surface area (Å²) in [6.45, 7) is 9.22. The van der Waals surface area contributed by atoms with Gasteiger partial charge in [0, 0.05) is 25.8 Å².